The molecule has 6 heteroatoms. The molecule has 25 heavy (non-hydrogen) atoms. The predicted molar refractivity (Wildman–Crippen MR) is 93.0 cm³/mol. The zero-order valence-corrected chi connectivity index (χ0v) is 13.4. The fraction of sp³-hybridized carbons (Fsp3) is 0.105. The van der Waals surface area contributed by atoms with Crippen LogP contribution in [-0.4, -0.2) is 24.5 Å². The number of aromatic nitrogens is 5. The maximum atomic E-state index is 9.41. The molecule has 0 saturated carbocycles. The molecule has 3 aromatic heterocycles. The van der Waals surface area contributed by atoms with E-state index in [2.05, 4.69) is 26.0 Å². The number of hydrogen-bond donors (Lipinski definition) is 0. The van der Waals surface area contributed by atoms with Gasteiger partial charge >= 0.3 is 0 Å². The van der Waals surface area contributed by atoms with Gasteiger partial charge in [-0.05, 0) is 30.7 Å². The number of nitriles is 1. The highest BCUT2D eigenvalue weighted by molar-refractivity contribution is 5.77. The summed E-state index contributed by atoms with van der Waals surface area (Å²) in [5.41, 5.74) is 3.18. The van der Waals surface area contributed by atoms with Gasteiger partial charge < -0.3 is 0 Å². The summed E-state index contributed by atoms with van der Waals surface area (Å²) in [6.07, 6.45) is 6.44. The smallest absolute Gasteiger partial charge is 0.160 e. The third kappa shape index (κ3) is 2.95. The van der Waals surface area contributed by atoms with Crippen molar-refractivity contribution in [1.29, 1.82) is 5.26 Å². The molecule has 0 aliphatic carbocycles. The highest BCUT2D eigenvalue weighted by Gasteiger charge is 2.12. The van der Waals surface area contributed by atoms with Gasteiger partial charge in [0.15, 0.2) is 5.82 Å². The Hall–Kier alpha value is -3.59. The Labute approximate surface area is 144 Å². The third-order valence-electron chi connectivity index (χ3n) is 3.95. The van der Waals surface area contributed by atoms with E-state index in [1.54, 1.807) is 18.7 Å². The number of hydrogen-bond acceptors (Lipinski definition) is 5. The van der Waals surface area contributed by atoms with Crippen molar-refractivity contribution < 1.29 is 0 Å². The van der Waals surface area contributed by atoms with Gasteiger partial charge in [0.2, 0.25) is 0 Å². The first-order chi connectivity index (χ1) is 12.3. The number of aryl methyl sites for hydroxylation is 2. The van der Waals surface area contributed by atoms with E-state index < -0.39 is 0 Å². The van der Waals surface area contributed by atoms with E-state index >= 15 is 0 Å². The summed E-state index contributed by atoms with van der Waals surface area (Å²) in [5, 5.41) is 9.41. The minimum atomic E-state index is 0.421. The summed E-state index contributed by atoms with van der Waals surface area (Å²) in [7, 11) is 0. The molecular weight excluding hydrogens is 312 g/mol. The Bertz CT molecular complexity index is 1060. The van der Waals surface area contributed by atoms with Crippen LogP contribution in [0.2, 0.25) is 0 Å². The van der Waals surface area contributed by atoms with Crippen LogP contribution in [0.15, 0.2) is 61.2 Å². The molecule has 0 bridgehead atoms. The van der Waals surface area contributed by atoms with E-state index in [0.717, 1.165) is 23.1 Å². The van der Waals surface area contributed by atoms with Gasteiger partial charge in [0.1, 0.15) is 23.8 Å². The third-order valence-corrected chi connectivity index (χ3v) is 3.95. The molecule has 6 nitrogen and oxygen atoms in total. The van der Waals surface area contributed by atoms with Gasteiger partial charge in [0, 0.05) is 18.3 Å². The zero-order valence-electron chi connectivity index (χ0n) is 13.4. The number of pyridine rings is 1. The lowest BCUT2D eigenvalue weighted by Gasteiger charge is -2.07. The van der Waals surface area contributed by atoms with Crippen LogP contribution in [0.3, 0.4) is 0 Å². The zero-order chi connectivity index (χ0) is 17.1. The van der Waals surface area contributed by atoms with Gasteiger partial charge in [-0.1, -0.05) is 18.2 Å². The monoisotopic (exact) mass is 326 g/mol. The van der Waals surface area contributed by atoms with Crippen LogP contribution in [0.5, 0.6) is 0 Å². The van der Waals surface area contributed by atoms with Crippen LogP contribution in [-0.2, 0) is 12.8 Å². The highest BCUT2D eigenvalue weighted by atomic mass is 15.1. The van der Waals surface area contributed by atoms with Crippen LogP contribution < -0.4 is 0 Å². The summed E-state index contributed by atoms with van der Waals surface area (Å²) in [6, 6.07) is 15.8. The van der Waals surface area contributed by atoms with Crippen molar-refractivity contribution in [2.75, 3.05) is 0 Å². The van der Waals surface area contributed by atoms with Crippen molar-refractivity contribution in [3.05, 3.63) is 78.3 Å². The summed E-state index contributed by atoms with van der Waals surface area (Å²) < 4.78 is 1.83. The van der Waals surface area contributed by atoms with Crippen LogP contribution in [0.1, 0.15) is 17.1 Å². The average Bonchev–Trinajstić information content (AvgIpc) is 3.11. The number of imidazole rings is 1. The number of fused-ring (bicyclic) bond motifs is 1. The lowest BCUT2D eigenvalue weighted by molar-refractivity contribution is 0.819. The molecule has 4 rings (SSSR count). The molecule has 1 aromatic carbocycles. The second kappa shape index (κ2) is 6.49. The highest BCUT2D eigenvalue weighted by Crippen LogP contribution is 2.19. The average molecular weight is 326 g/mol. The lowest BCUT2D eigenvalue weighted by Crippen LogP contribution is -2.06. The SMILES string of the molecule is N#Cc1cnc(CCc2ccccn2)nc1-n1cnc2ccccc21. The van der Waals surface area contributed by atoms with Crippen LogP contribution in [0.25, 0.3) is 16.9 Å². The summed E-state index contributed by atoms with van der Waals surface area (Å²) in [5.74, 6) is 1.24. The van der Waals surface area contributed by atoms with E-state index in [1.165, 1.54) is 0 Å². The standard InChI is InChI=1S/C19H14N6/c20-11-14-12-22-18(9-8-15-5-3-4-10-21-15)24-19(14)25-13-23-16-6-1-2-7-17(16)25/h1-7,10,12-13H,8-9H2. The van der Waals surface area contributed by atoms with Gasteiger partial charge in [0.05, 0.1) is 17.2 Å². The minimum absolute atomic E-state index is 0.421. The maximum Gasteiger partial charge on any atom is 0.160 e. The molecule has 4 aromatic rings. The Morgan fingerprint density at radius 2 is 1.84 bits per heavy atom. The van der Waals surface area contributed by atoms with Crippen molar-refractivity contribution in [3.8, 4) is 11.9 Å². The normalized spacial score (nSPS) is 10.7. The molecule has 0 radical (unpaired) electrons. The van der Waals surface area contributed by atoms with E-state index in [-0.39, 0.29) is 0 Å². The largest absolute Gasteiger partial charge is 0.282 e. The molecule has 0 saturated heterocycles. The summed E-state index contributed by atoms with van der Waals surface area (Å²) >= 11 is 0. The first-order valence-electron chi connectivity index (χ1n) is 7.93. The lowest BCUT2D eigenvalue weighted by atomic mass is 10.2. The summed E-state index contributed by atoms with van der Waals surface area (Å²) in [6.45, 7) is 0. The Balaban J connectivity index is 1.71. The number of para-hydroxylation sites is 2. The first-order valence-corrected chi connectivity index (χ1v) is 7.93. The molecule has 0 atom stereocenters. The van der Waals surface area contributed by atoms with Crippen LogP contribution in [0, 0.1) is 11.3 Å². The summed E-state index contributed by atoms with van der Waals surface area (Å²) in [4.78, 5) is 17.6. The second-order valence-corrected chi connectivity index (χ2v) is 5.56. The van der Waals surface area contributed by atoms with E-state index in [0.29, 0.717) is 23.6 Å². The minimum Gasteiger partial charge on any atom is -0.282 e. The van der Waals surface area contributed by atoms with E-state index in [4.69, 9.17) is 0 Å². The quantitative estimate of drug-likeness (QED) is 0.576. The number of benzene rings is 1. The van der Waals surface area contributed by atoms with Crippen molar-refractivity contribution in [1.82, 2.24) is 24.5 Å². The van der Waals surface area contributed by atoms with Crippen molar-refractivity contribution in [2.45, 2.75) is 12.8 Å². The van der Waals surface area contributed by atoms with Gasteiger partial charge in [-0.3, -0.25) is 9.55 Å². The molecule has 0 fully saturated rings. The molecule has 3 heterocycles. The van der Waals surface area contributed by atoms with E-state index in [9.17, 15) is 5.26 Å². The fourth-order valence-electron chi connectivity index (χ4n) is 2.70. The van der Waals surface area contributed by atoms with Gasteiger partial charge in [0.25, 0.3) is 0 Å². The van der Waals surface area contributed by atoms with Gasteiger partial charge in [-0.15, -0.1) is 0 Å². The number of nitrogens with zero attached hydrogens (tertiary/aromatic N) is 6. The van der Waals surface area contributed by atoms with Crippen molar-refractivity contribution in [2.24, 2.45) is 0 Å². The second-order valence-electron chi connectivity index (χ2n) is 5.56. The molecule has 0 amide bonds. The van der Waals surface area contributed by atoms with Crippen LogP contribution in [0.4, 0.5) is 0 Å². The van der Waals surface area contributed by atoms with Crippen molar-refractivity contribution in [3.63, 3.8) is 0 Å². The fourth-order valence-corrected chi connectivity index (χ4v) is 2.70. The molecule has 0 spiro atoms. The Morgan fingerprint density at radius 3 is 2.68 bits per heavy atom. The van der Waals surface area contributed by atoms with Gasteiger partial charge in [-0.25, -0.2) is 15.0 Å². The van der Waals surface area contributed by atoms with Crippen LogP contribution >= 0.6 is 0 Å². The Morgan fingerprint density at radius 1 is 0.960 bits per heavy atom. The predicted octanol–water partition coefficient (Wildman–Crippen LogP) is 2.87. The molecular formula is C19H14N6. The number of rotatable bonds is 4. The molecule has 0 aliphatic heterocycles. The van der Waals surface area contributed by atoms with Gasteiger partial charge in [-0.2, -0.15) is 5.26 Å². The molecule has 0 unspecified atom stereocenters. The molecule has 0 N–H and O–H groups in total. The molecule has 120 valence electrons. The topological polar surface area (TPSA) is 80.3 Å². The van der Waals surface area contributed by atoms with E-state index in [1.807, 2.05) is 47.0 Å². The Kier molecular flexibility index (Phi) is 3.89. The first kappa shape index (κ1) is 15.0. The molecule has 0 aliphatic rings. The maximum absolute atomic E-state index is 9.41. The van der Waals surface area contributed by atoms with Crippen molar-refractivity contribution >= 4 is 11.0 Å².